The second-order valence-corrected chi connectivity index (χ2v) is 5.04. The Morgan fingerprint density at radius 1 is 1.23 bits per heavy atom. The zero-order valence-electron chi connectivity index (χ0n) is 13.2. The number of amides is 1. The van der Waals surface area contributed by atoms with Crippen molar-refractivity contribution < 1.29 is 13.9 Å². The van der Waals surface area contributed by atoms with Gasteiger partial charge in [-0.05, 0) is 49.8 Å². The summed E-state index contributed by atoms with van der Waals surface area (Å²) in [5.41, 5.74) is 0.957. The van der Waals surface area contributed by atoms with Crippen molar-refractivity contribution in [3.05, 3.63) is 59.6 Å². The third-order valence-corrected chi connectivity index (χ3v) is 3.17. The van der Waals surface area contributed by atoms with E-state index in [0.717, 1.165) is 22.8 Å². The normalized spacial score (nSPS) is 10.9. The van der Waals surface area contributed by atoms with Crippen LogP contribution in [0.25, 0.3) is 6.08 Å². The number of furan rings is 1. The average Bonchev–Trinajstić information content (AvgIpc) is 2.91. The number of hydrogen-bond donors (Lipinski definition) is 0. The van der Waals surface area contributed by atoms with Gasteiger partial charge in [-0.2, -0.15) is 0 Å². The van der Waals surface area contributed by atoms with Crippen LogP contribution in [0.3, 0.4) is 0 Å². The van der Waals surface area contributed by atoms with Crippen LogP contribution in [0, 0.1) is 6.92 Å². The van der Waals surface area contributed by atoms with Gasteiger partial charge < -0.3 is 14.1 Å². The van der Waals surface area contributed by atoms with E-state index in [1.165, 1.54) is 0 Å². The smallest absolute Gasteiger partial charge is 0.246 e. The molecule has 22 heavy (non-hydrogen) atoms. The zero-order chi connectivity index (χ0) is 15.9. The molecule has 0 fully saturated rings. The summed E-state index contributed by atoms with van der Waals surface area (Å²) < 4.78 is 10.9. The van der Waals surface area contributed by atoms with Crippen molar-refractivity contribution in [3.63, 3.8) is 0 Å². The molecule has 4 heteroatoms. The van der Waals surface area contributed by atoms with Gasteiger partial charge in [-0.1, -0.05) is 12.1 Å². The number of hydrogen-bond acceptors (Lipinski definition) is 3. The van der Waals surface area contributed by atoms with Crippen LogP contribution in [0.1, 0.15) is 24.0 Å². The zero-order valence-corrected chi connectivity index (χ0v) is 13.2. The molecule has 1 aromatic heterocycles. The Labute approximate surface area is 131 Å². The summed E-state index contributed by atoms with van der Waals surface area (Å²) in [6.45, 7) is 4.94. The summed E-state index contributed by atoms with van der Waals surface area (Å²) in [6.07, 6.45) is 3.35. The molecule has 0 spiro atoms. The molecule has 4 nitrogen and oxygen atoms in total. The number of rotatable bonds is 6. The Kier molecular flexibility index (Phi) is 5.42. The molecule has 0 aliphatic carbocycles. The molecule has 0 aliphatic heterocycles. The van der Waals surface area contributed by atoms with Gasteiger partial charge in [0.15, 0.2) is 0 Å². The highest BCUT2D eigenvalue weighted by Gasteiger charge is 2.08. The van der Waals surface area contributed by atoms with E-state index >= 15 is 0 Å². The first-order valence-corrected chi connectivity index (χ1v) is 7.30. The minimum atomic E-state index is -0.0667. The number of carbonyl (C=O) groups excluding carboxylic acids is 1. The van der Waals surface area contributed by atoms with Crippen LogP contribution in [-0.2, 0) is 11.3 Å². The van der Waals surface area contributed by atoms with Crippen molar-refractivity contribution in [1.82, 2.24) is 4.90 Å². The first-order valence-electron chi connectivity index (χ1n) is 7.30. The molecule has 0 aliphatic rings. The Morgan fingerprint density at radius 3 is 2.55 bits per heavy atom. The Balaban J connectivity index is 1.92. The number of carbonyl (C=O) groups is 1. The Morgan fingerprint density at radius 2 is 1.95 bits per heavy atom. The van der Waals surface area contributed by atoms with E-state index in [1.807, 2.05) is 50.2 Å². The van der Waals surface area contributed by atoms with Crippen molar-refractivity contribution >= 4 is 12.0 Å². The predicted molar refractivity (Wildman–Crippen MR) is 86.6 cm³/mol. The van der Waals surface area contributed by atoms with Crippen LogP contribution in [0.5, 0.6) is 5.75 Å². The van der Waals surface area contributed by atoms with Gasteiger partial charge in [0.1, 0.15) is 17.3 Å². The summed E-state index contributed by atoms with van der Waals surface area (Å²) >= 11 is 0. The first-order chi connectivity index (χ1) is 10.6. The number of benzene rings is 1. The predicted octanol–water partition coefficient (Wildman–Crippen LogP) is 3.66. The largest absolute Gasteiger partial charge is 0.494 e. The molecule has 0 radical (unpaired) electrons. The minimum Gasteiger partial charge on any atom is -0.494 e. The van der Waals surface area contributed by atoms with E-state index in [1.54, 1.807) is 24.1 Å². The van der Waals surface area contributed by atoms with Crippen molar-refractivity contribution in [2.24, 2.45) is 0 Å². The van der Waals surface area contributed by atoms with E-state index < -0.39 is 0 Å². The SMILES string of the molecule is CCOc1ccc(/C=C/C(=O)N(C)Cc2ccc(C)o2)cc1. The van der Waals surface area contributed by atoms with Crippen molar-refractivity contribution in [2.75, 3.05) is 13.7 Å². The number of nitrogens with zero attached hydrogens (tertiary/aromatic N) is 1. The number of aryl methyl sites for hydroxylation is 1. The quantitative estimate of drug-likeness (QED) is 0.765. The second kappa shape index (κ2) is 7.50. The van der Waals surface area contributed by atoms with Gasteiger partial charge >= 0.3 is 0 Å². The van der Waals surface area contributed by atoms with Gasteiger partial charge in [0.2, 0.25) is 5.91 Å². The van der Waals surface area contributed by atoms with Crippen molar-refractivity contribution in [3.8, 4) is 5.75 Å². The monoisotopic (exact) mass is 299 g/mol. The molecular formula is C18H21NO3. The topological polar surface area (TPSA) is 42.7 Å². The summed E-state index contributed by atoms with van der Waals surface area (Å²) in [7, 11) is 1.75. The second-order valence-electron chi connectivity index (χ2n) is 5.04. The van der Waals surface area contributed by atoms with Gasteiger partial charge in [-0.25, -0.2) is 0 Å². The molecule has 1 amide bonds. The summed E-state index contributed by atoms with van der Waals surface area (Å²) in [5.74, 6) is 2.39. The summed E-state index contributed by atoms with van der Waals surface area (Å²) in [4.78, 5) is 13.7. The molecule has 0 saturated heterocycles. The van der Waals surface area contributed by atoms with Crippen LogP contribution >= 0.6 is 0 Å². The van der Waals surface area contributed by atoms with Crippen molar-refractivity contribution in [2.45, 2.75) is 20.4 Å². The fourth-order valence-corrected chi connectivity index (χ4v) is 2.02. The van der Waals surface area contributed by atoms with E-state index in [9.17, 15) is 4.79 Å². The van der Waals surface area contributed by atoms with Crippen LogP contribution in [0.4, 0.5) is 0 Å². The van der Waals surface area contributed by atoms with Gasteiger partial charge in [0, 0.05) is 13.1 Å². The minimum absolute atomic E-state index is 0.0667. The summed E-state index contributed by atoms with van der Waals surface area (Å²) in [6, 6.07) is 11.4. The van der Waals surface area contributed by atoms with Crippen LogP contribution < -0.4 is 4.74 Å². The molecule has 2 aromatic rings. The Hall–Kier alpha value is -2.49. The molecule has 116 valence electrons. The lowest BCUT2D eigenvalue weighted by Crippen LogP contribution is -2.23. The molecule has 0 atom stereocenters. The third-order valence-electron chi connectivity index (χ3n) is 3.17. The van der Waals surface area contributed by atoms with Crippen LogP contribution in [-0.4, -0.2) is 24.5 Å². The van der Waals surface area contributed by atoms with E-state index in [2.05, 4.69) is 0 Å². The fourth-order valence-electron chi connectivity index (χ4n) is 2.02. The van der Waals surface area contributed by atoms with Crippen molar-refractivity contribution in [1.29, 1.82) is 0 Å². The summed E-state index contributed by atoms with van der Waals surface area (Å²) in [5, 5.41) is 0. The molecule has 0 saturated carbocycles. The lowest BCUT2D eigenvalue weighted by atomic mass is 10.2. The first kappa shape index (κ1) is 15.9. The molecule has 2 rings (SSSR count). The van der Waals surface area contributed by atoms with Gasteiger partial charge in [-0.3, -0.25) is 4.79 Å². The maximum Gasteiger partial charge on any atom is 0.246 e. The Bertz CT molecular complexity index is 641. The molecular weight excluding hydrogens is 278 g/mol. The third kappa shape index (κ3) is 4.52. The molecule has 0 unspecified atom stereocenters. The molecule has 1 heterocycles. The van der Waals surface area contributed by atoms with E-state index in [4.69, 9.17) is 9.15 Å². The highest BCUT2D eigenvalue weighted by Crippen LogP contribution is 2.13. The van der Waals surface area contributed by atoms with E-state index in [-0.39, 0.29) is 5.91 Å². The highest BCUT2D eigenvalue weighted by atomic mass is 16.5. The van der Waals surface area contributed by atoms with Crippen LogP contribution in [0.2, 0.25) is 0 Å². The molecule has 0 N–H and O–H groups in total. The maximum absolute atomic E-state index is 12.1. The molecule has 0 bridgehead atoms. The van der Waals surface area contributed by atoms with Gasteiger partial charge in [0.05, 0.1) is 13.2 Å². The molecule has 1 aromatic carbocycles. The lowest BCUT2D eigenvalue weighted by molar-refractivity contribution is -0.125. The standard InChI is InChI=1S/C18H21NO3/c1-4-21-16-10-6-15(7-11-16)8-12-18(20)19(3)13-17-9-5-14(2)22-17/h5-12H,4,13H2,1-3H3/b12-8+. The highest BCUT2D eigenvalue weighted by molar-refractivity contribution is 5.91. The lowest BCUT2D eigenvalue weighted by Gasteiger charge is -2.13. The van der Waals surface area contributed by atoms with Crippen LogP contribution in [0.15, 0.2) is 46.9 Å². The maximum atomic E-state index is 12.1. The fraction of sp³-hybridized carbons (Fsp3) is 0.278. The van der Waals surface area contributed by atoms with E-state index in [0.29, 0.717) is 13.2 Å². The average molecular weight is 299 g/mol. The van der Waals surface area contributed by atoms with Gasteiger partial charge in [0.25, 0.3) is 0 Å². The number of ether oxygens (including phenoxy) is 1. The number of likely N-dealkylation sites (N-methyl/N-ethyl adjacent to an activating group) is 1. The van der Waals surface area contributed by atoms with Gasteiger partial charge in [-0.15, -0.1) is 0 Å².